The predicted molar refractivity (Wildman–Crippen MR) is 79.2 cm³/mol. The van der Waals surface area contributed by atoms with Gasteiger partial charge in [0.15, 0.2) is 0 Å². The van der Waals surface area contributed by atoms with Gasteiger partial charge in [-0.2, -0.15) is 0 Å². The molecule has 0 saturated heterocycles. The smallest absolute Gasteiger partial charge is 0.408 e. The summed E-state index contributed by atoms with van der Waals surface area (Å²) in [7, 11) is 0. The molecule has 7 heteroatoms. The molecule has 0 aliphatic carbocycles. The largest absolute Gasteiger partial charge is 0.458 e. The van der Waals surface area contributed by atoms with Crippen LogP contribution in [0.4, 0.5) is 4.79 Å². The molecule has 0 aliphatic rings. The number of aromatic nitrogens is 1. The van der Waals surface area contributed by atoms with Crippen molar-refractivity contribution < 1.29 is 23.6 Å². The van der Waals surface area contributed by atoms with Crippen LogP contribution in [-0.4, -0.2) is 34.5 Å². The van der Waals surface area contributed by atoms with Crippen molar-refractivity contribution >= 4 is 12.1 Å². The third kappa shape index (κ3) is 7.10. The molecule has 0 aromatic carbocycles. The summed E-state index contributed by atoms with van der Waals surface area (Å²) in [6.07, 6.45) is 0.909. The van der Waals surface area contributed by atoms with Crippen molar-refractivity contribution in [1.82, 2.24) is 10.5 Å². The Kier molecular flexibility index (Phi) is 5.57. The van der Waals surface area contributed by atoms with Crippen molar-refractivity contribution in [3.05, 3.63) is 18.0 Å². The minimum absolute atomic E-state index is 0.133. The van der Waals surface area contributed by atoms with Gasteiger partial charge in [-0.15, -0.1) is 0 Å². The van der Waals surface area contributed by atoms with Gasteiger partial charge >= 0.3 is 12.1 Å². The molecule has 1 atom stereocenters. The molecule has 1 amide bonds. The van der Waals surface area contributed by atoms with Crippen molar-refractivity contribution in [2.75, 3.05) is 0 Å². The Morgan fingerprint density at radius 3 is 2.23 bits per heavy atom. The van der Waals surface area contributed by atoms with Gasteiger partial charge in [0.05, 0.1) is 6.20 Å². The van der Waals surface area contributed by atoms with Gasteiger partial charge in [-0.25, -0.2) is 9.59 Å². The molecule has 7 nitrogen and oxygen atoms in total. The lowest BCUT2D eigenvalue weighted by atomic mass is 10.1. The molecule has 0 radical (unpaired) electrons. The summed E-state index contributed by atoms with van der Waals surface area (Å²) in [5.41, 5.74) is -1.32. The molecule has 0 aliphatic heterocycles. The number of hydrogen-bond acceptors (Lipinski definition) is 6. The molecule has 0 bridgehead atoms. The molecule has 124 valence electrons. The Hall–Kier alpha value is -2.05. The van der Waals surface area contributed by atoms with Gasteiger partial charge in [-0.3, -0.25) is 0 Å². The fourth-order valence-corrected chi connectivity index (χ4v) is 1.56. The van der Waals surface area contributed by atoms with Crippen LogP contribution < -0.4 is 5.32 Å². The van der Waals surface area contributed by atoms with Crippen LogP contribution in [0.3, 0.4) is 0 Å². The molecule has 0 saturated carbocycles. The van der Waals surface area contributed by atoms with Crippen LogP contribution in [0.5, 0.6) is 0 Å². The zero-order valence-electron chi connectivity index (χ0n) is 13.9. The van der Waals surface area contributed by atoms with E-state index in [0.29, 0.717) is 5.76 Å². The van der Waals surface area contributed by atoms with Gasteiger partial charge in [-0.1, -0.05) is 5.16 Å². The van der Waals surface area contributed by atoms with E-state index >= 15 is 0 Å². The second kappa shape index (κ2) is 6.81. The minimum Gasteiger partial charge on any atom is -0.458 e. The van der Waals surface area contributed by atoms with Crippen LogP contribution in [0.15, 0.2) is 16.8 Å². The Bertz CT molecular complexity index is 497. The van der Waals surface area contributed by atoms with Gasteiger partial charge in [0.25, 0.3) is 0 Å². The van der Waals surface area contributed by atoms with E-state index in [-0.39, 0.29) is 6.42 Å². The average molecular weight is 312 g/mol. The second-order valence-corrected chi connectivity index (χ2v) is 6.92. The minimum atomic E-state index is -0.915. The standard InChI is InChI=1S/C15H24N2O5/c1-14(2,3)20-12(18)11(9-10-7-8-16-22-10)17-13(19)21-15(4,5)6/h7-8,11H,9H2,1-6H3,(H,17,19)/t11-/m0/s1. The van der Waals surface area contributed by atoms with Gasteiger partial charge in [0, 0.05) is 12.5 Å². The van der Waals surface area contributed by atoms with Crippen molar-refractivity contribution in [3.8, 4) is 0 Å². The maximum absolute atomic E-state index is 12.2. The molecule has 1 aromatic heterocycles. The number of esters is 1. The van der Waals surface area contributed by atoms with Crippen LogP contribution in [0.1, 0.15) is 47.3 Å². The topological polar surface area (TPSA) is 90.7 Å². The highest BCUT2D eigenvalue weighted by molar-refractivity contribution is 5.82. The highest BCUT2D eigenvalue weighted by Crippen LogP contribution is 2.12. The predicted octanol–water partition coefficient (Wildman–Crippen LogP) is 2.45. The molecular formula is C15H24N2O5. The SMILES string of the molecule is CC(C)(C)OC(=O)N[C@@H](Cc1ccno1)C(=O)OC(C)(C)C. The molecule has 1 aromatic rings. The molecule has 1 rings (SSSR count). The van der Waals surface area contributed by atoms with Crippen LogP contribution in [0, 0.1) is 0 Å². The first-order valence-corrected chi connectivity index (χ1v) is 7.08. The highest BCUT2D eigenvalue weighted by Gasteiger charge is 2.29. The van der Waals surface area contributed by atoms with E-state index in [9.17, 15) is 9.59 Å². The first-order chi connectivity index (χ1) is 9.96. The first kappa shape index (κ1) is 18.0. The quantitative estimate of drug-likeness (QED) is 0.859. The Morgan fingerprint density at radius 2 is 1.77 bits per heavy atom. The highest BCUT2D eigenvalue weighted by atomic mass is 16.6. The molecule has 0 fully saturated rings. The number of carbonyl (C=O) groups excluding carboxylic acids is 2. The van der Waals surface area contributed by atoms with E-state index in [4.69, 9.17) is 14.0 Å². The lowest BCUT2D eigenvalue weighted by Gasteiger charge is -2.25. The lowest BCUT2D eigenvalue weighted by molar-refractivity contribution is -0.157. The number of ether oxygens (including phenoxy) is 2. The number of carbonyl (C=O) groups is 2. The van der Waals surface area contributed by atoms with Crippen LogP contribution in [0.2, 0.25) is 0 Å². The number of nitrogens with one attached hydrogen (secondary N) is 1. The van der Waals surface area contributed by atoms with E-state index in [1.54, 1.807) is 47.6 Å². The van der Waals surface area contributed by atoms with Gasteiger partial charge in [-0.05, 0) is 41.5 Å². The third-order valence-corrected chi connectivity index (χ3v) is 2.28. The molecular weight excluding hydrogens is 288 g/mol. The average Bonchev–Trinajstić information content (AvgIpc) is 2.75. The van der Waals surface area contributed by atoms with Gasteiger partial charge < -0.3 is 19.3 Å². The van der Waals surface area contributed by atoms with Crippen LogP contribution >= 0.6 is 0 Å². The van der Waals surface area contributed by atoms with Gasteiger partial charge in [0.1, 0.15) is 23.0 Å². The van der Waals surface area contributed by atoms with E-state index in [0.717, 1.165) is 0 Å². The fraction of sp³-hybridized carbons (Fsp3) is 0.667. The summed E-state index contributed by atoms with van der Waals surface area (Å²) in [5.74, 6) is -0.0957. The maximum atomic E-state index is 12.2. The summed E-state index contributed by atoms with van der Waals surface area (Å²) in [6, 6.07) is 0.704. The zero-order valence-corrected chi connectivity index (χ0v) is 13.9. The van der Waals surface area contributed by atoms with Crippen molar-refractivity contribution in [3.63, 3.8) is 0 Å². The van der Waals surface area contributed by atoms with E-state index in [1.807, 2.05) is 0 Å². The number of alkyl carbamates (subject to hydrolysis) is 1. The summed E-state index contributed by atoms with van der Waals surface area (Å²) >= 11 is 0. The summed E-state index contributed by atoms with van der Waals surface area (Å²) in [6.45, 7) is 10.5. The van der Waals surface area contributed by atoms with E-state index < -0.39 is 29.3 Å². The maximum Gasteiger partial charge on any atom is 0.408 e. The molecule has 1 N–H and O–H groups in total. The number of amides is 1. The third-order valence-electron chi connectivity index (χ3n) is 2.28. The van der Waals surface area contributed by atoms with Crippen LogP contribution in [-0.2, 0) is 20.7 Å². The molecule has 0 unspecified atom stereocenters. The van der Waals surface area contributed by atoms with E-state index in [1.165, 1.54) is 6.20 Å². The Labute approximate surface area is 130 Å². The molecule has 1 heterocycles. The summed E-state index contributed by atoms with van der Waals surface area (Å²) in [5, 5.41) is 6.09. The summed E-state index contributed by atoms with van der Waals surface area (Å²) in [4.78, 5) is 24.1. The molecule has 22 heavy (non-hydrogen) atoms. The number of nitrogens with zero attached hydrogens (tertiary/aromatic N) is 1. The normalized spacial score (nSPS) is 13.4. The number of hydrogen-bond donors (Lipinski definition) is 1. The summed E-state index contributed by atoms with van der Waals surface area (Å²) < 4.78 is 15.4. The van der Waals surface area contributed by atoms with Gasteiger partial charge in [0.2, 0.25) is 0 Å². The monoisotopic (exact) mass is 312 g/mol. The van der Waals surface area contributed by atoms with Crippen molar-refractivity contribution in [2.45, 2.75) is 65.2 Å². The van der Waals surface area contributed by atoms with Crippen molar-refractivity contribution in [1.29, 1.82) is 0 Å². The second-order valence-electron chi connectivity index (χ2n) is 6.92. The Morgan fingerprint density at radius 1 is 1.18 bits per heavy atom. The fourth-order valence-electron chi connectivity index (χ4n) is 1.56. The number of rotatable bonds is 4. The molecule has 0 spiro atoms. The van der Waals surface area contributed by atoms with Crippen molar-refractivity contribution in [2.24, 2.45) is 0 Å². The first-order valence-electron chi connectivity index (χ1n) is 7.08. The van der Waals surface area contributed by atoms with E-state index in [2.05, 4.69) is 10.5 Å². The lowest BCUT2D eigenvalue weighted by Crippen LogP contribution is -2.47. The van der Waals surface area contributed by atoms with Crippen LogP contribution in [0.25, 0.3) is 0 Å². The Balaban J connectivity index is 2.77. The zero-order chi connectivity index (χ0) is 17.0.